The van der Waals surface area contributed by atoms with Crippen LogP contribution in [-0.2, 0) is 22.2 Å². The van der Waals surface area contributed by atoms with E-state index in [4.69, 9.17) is 0 Å². The van der Waals surface area contributed by atoms with Gasteiger partial charge in [-0.15, -0.1) is 0 Å². The molecule has 4 N–H and O–H groups in total. The molecule has 15 heteroatoms. The molecule has 0 radical (unpaired) electrons. The van der Waals surface area contributed by atoms with Crippen molar-refractivity contribution in [2.45, 2.75) is 56.4 Å². The summed E-state index contributed by atoms with van der Waals surface area (Å²) in [6.45, 7) is 0.928. The summed E-state index contributed by atoms with van der Waals surface area (Å²) in [5.74, 6) is 0.542. The first-order chi connectivity index (χ1) is 29.4. The minimum atomic E-state index is -4.61. The van der Waals surface area contributed by atoms with Crippen molar-refractivity contribution in [2.24, 2.45) is 0 Å². The third kappa shape index (κ3) is 8.58. The van der Waals surface area contributed by atoms with Gasteiger partial charge in [0.05, 0.1) is 47.8 Å². The highest BCUT2D eigenvalue weighted by Crippen LogP contribution is 2.40. The highest BCUT2D eigenvalue weighted by Gasteiger charge is 2.39. The van der Waals surface area contributed by atoms with Crippen molar-refractivity contribution in [2.75, 3.05) is 32.1 Å². The Morgan fingerprint density at radius 1 is 0.754 bits per heavy atom. The zero-order chi connectivity index (χ0) is 42.8. The van der Waals surface area contributed by atoms with Gasteiger partial charge in [0.25, 0.3) is 5.91 Å². The van der Waals surface area contributed by atoms with Crippen LogP contribution in [0.1, 0.15) is 72.1 Å². The Hall–Kier alpha value is -6.90. The number of alkyl halides is 3. The topological polar surface area (TPSA) is 151 Å². The van der Waals surface area contributed by atoms with Crippen LogP contribution in [0, 0.1) is 0 Å². The number of carbonyl (C=O) groups is 3. The predicted octanol–water partition coefficient (Wildman–Crippen LogP) is 8.80. The van der Waals surface area contributed by atoms with Crippen LogP contribution in [0.3, 0.4) is 0 Å². The zero-order valence-electron chi connectivity index (χ0n) is 33.6. The summed E-state index contributed by atoms with van der Waals surface area (Å²) in [6, 6.07) is 27.5. The van der Waals surface area contributed by atoms with Gasteiger partial charge < -0.3 is 35.1 Å². The number of likely N-dealkylation sites (tertiary alicyclic amines) is 2. The number of anilines is 1. The van der Waals surface area contributed by atoms with E-state index in [1.807, 2.05) is 54.6 Å². The summed E-state index contributed by atoms with van der Waals surface area (Å²) in [7, 11) is 3.11. The van der Waals surface area contributed by atoms with Crippen molar-refractivity contribution < 1.29 is 32.7 Å². The Morgan fingerprint density at radius 3 is 1.80 bits per heavy atom. The number of hydrogen-bond donors (Lipinski definition) is 4. The number of H-pyrrole nitrogens is 2. The lowest BCUT2D eigenvalue weighted by molar-refractivity contribution is -0.138. The standard InChI is InChI=1S/C46H45F3N8O4/c1-55(2)36-12-6-11-33(40(36)46(47,48)49)25-39(58)56-23-7-13-37(56)42-50-26-34(52-42)30-19-15-28(16-20-30)29-17-21-31(22-18-29)35-27-51-43(53-35)38-14-8-24-57(38)44(59)41(54-45(60)61)32-9-4-3-5-10-32/h3-6,9-12,15-22,26-27,37-38,41,54H,7-8,13-14,23-25H2,1-2H3,(H,50,52)(H,51,53)(H,60,61)/t37-,38-,41+/m0/s1. The number of benzene rings is 4. The number of aromatic nitrogens is 4. The molecule has 2 aromatic heterocycles. The number of amides is 3. The van der Waals surface area contributed by atoms with Gasteiger partial charge in [0.15, 0.2) is 0 Å². The van der Waals surface area contributed by atoms with Crippen LogP contribution in [-0.4, -0.2) is 79.9 Å². The molecule has 0 aliphatic carbocycles. The lowest BCUT2D eigenvalue weighted by Crippen LogP contribution is -2.42. The van der Waals surface area contributed by atoms with Crippen LogP contribution >= 0.6 is 0 Å². The summed E-state index contributed by atoms with van der Waals surface area (Å²) in [5.41, 5.74) is 5.11. The van der Waals surface area contributed by atoms with E-state index in [0.29, 0.717) is 43.1 Å². The molecule has 2 aliphatic rings. The van der Waals surface area contributed by atoms with E-state index in [2.05, 4.69) is 25.3 Å². The van der Waals surface area contributed by atoms with Crippen LogP contribution in [0.15, 0.2) is 109 Å². The van der Waals surface area contributed by atoms with Crippen LogP contribution in [0.4, 0.5) is 23.7 Å². The van der Waals surface area contributed by atoms with E-state index in [0.717, 1.165) is 46.5 Å². The largest absolute Gasteiger partial charge is 0.465 e. The third-order valence-electron chi connectivity index (χ3n) is 11.5. The molecule has 3 atom stereocenters. The molecule has 0 spiro atoms. The lowest BCUT2D eigenvalue weighted by atomic mass is 10.0. The molecule has 61 heavy (non-hydrogen) atoms. The minimum absolute atomic E-state index is 0.0230. The van der Waals surface area contributed by atoms with Gasteiger partial charge in [-0.3, -0.25) is 9.59 Å². The van der Waals surface area contributed by atoms with Gasteiger partial charge in [-0.1, -0.05) is 91.0 Å². The smallest absolute Gasteiger partial charge is 0.418 e. The van der Waals surface area contributed by atoms with Gasteiger partial charge in [0, 0.05) is 32.9 Å². The fourth-order valence-electron chi connectivity index (χ4n) is 8.57. The molecule has 6 aromatic rings. The van der Waals surface area contributed by atoms with Crippen molar-refractivity contribution in [3.63, 3.8) is 0 Å². The SMILES string of the molecule is CN(C)c1cccc(CC(=O)N2CCC[C@H]2c2ncc(-c3ccc(-c4ccc(-c5cnc([C@@H]6CCCN6C(=O)[C@H](NC(=O)O)c6ccccc6)[nH]5)cc4)cc3)[nH]2)c1C(F)(F)F. The molecule has 0 bridgehead atoms. The number of hydrogen-bond acceptors (Lipinski definition) is 6. The molecule has 3 amide bonds. The highest BCUT2D eigenvalue weighted by atomic mass is 19.4. The summed E-state index contributed by atoms with van der Waals surface area (Å²) < 4.78 is 42.5. The summed E-state index contributed by atoms with van der Waals surface area (Å²) in [5, 5.41) is 11.9. The van der Waals surface area contributed by atoms with E-state index >= 15 is 0 Å². The Kier molecular flexibility index (Phi) is 11.4. The molecular formula is C46H45F3N8O4. The monoisotopic (exact) mass is 830 g/mol. The first kappa shape index (κ1) is 40.9. The maximum absolute atomic E-state index is 14.2. The molecule has 0 unspecified atom stereocenters. The van der Waals surface area contributed by atoms with Gasteiger partial charge in [-0.2, -0.15) is 13.2 Å². The number of imidazole rings is 2. The molecule has 2 fully saturated rings. The highest BCUT2D eigenvalue weighted by molar-refractivity contribution is 5.87. The first-order valence-corrected chi connectivity index (χ1v) is 20.2. The maximum atomic E-state index is 14.2. The quantitative estimate of drug-likeness (QED) is 0.102. The molecule has 2 aliphatic heterocycles. The first-order valence-electron chi connectivity index (χ1n) is 20.2. The van der Waals surface area contributed by atoms with E-state index in [9.17, 15) is 32.7 Å². The fraction of sp³-hybridized carbons (Fsp3) is 0.283. The number of aromatic amines is 2. The van der Waals surface area contributed by atoms with E-state index in [1.165, 1.54) is 17.0 Å². The average Bonchev–Trinajstić information content (AvgIpc) is 4.10. The summed E-state index contributed by atoms with van der Waals surface area (Å²) in [4.78, 5) is 59.7. The van der Waals surface area contributed by atoms with E-state index in [1.54, 1.807) is 66.6 Å². The normalized spacial score (nSPS) is 17.1. The van der Waals surface area contributed by atoms with Gasteiger partial charge in [-0.05, 0) is 65.1 Å². The van der Waals surface area contributed by atoms with E-state index < -0.39 is 23.9 Å². The van der Waals surface area contributed by atoms with Crippen molar-refractivity contribution in [3.05, 3.63) is 138 Å². The van der Waals surface area contributed by atoms with Crippen molar-refractivity contribution in [1.82, 2.24) is 35.1 Å². The second kappa shape index (κ2) is 17.0. The lowest BCUT2D eigenvalue weighted by Gasteiger charge is -2.28. The Morgan fingerprint density at radius 2 is 1.28 bits per heavy atom. The molecule has 4 aromatic carbocycles. The minimum Gasteiger partial charge on any atom is -0.465 e. The van der Waals surface area contributed by atoms with Crippen LogP contribution in [0.5, 0.6) is 0 Å². The molecule has 12 nitrogen and oxygen atoms in total. The maximum Gasteiger partial charge on any atom is 0.418 e. The van der Waals surface area contributed by atoms with Crippen LogP contribution in [0.2, 0.25) is 0 Å². The van der Waals surface area contributed by atoms with Crippen molar-refractivity contribution in [1.29, 1.82) is 0 Å². The summed E-state index contributed by atoms with van der Waals surface area (Å²) >= 11 is 0. The van der Waals surface area contributed by atoms with Gasteiger partial charge in [0.1, 0.15) is 17.7 Å². The molecule has 0 saturated carbocycles. The predicted molar refractivity (Wildman–Crippen MR) is 224 cm³/mol. The second-order valence-corrected chi connectivity index (χ2v) is 15.6. The zero-order valence-corrected chi connectivity index (χ0v) is 33.6. The molecule has 8 rings (SSSR count). The number of carboxylic acid groups (broad SMARTS) is 1. The Balaban J connectivity index is 0.921. The average molecular weight is 831 g/mol. The van der Waals surface area contributed by atoms with Gasteiger partial charge in [0.2, 0.25) is 5.91 Å². The number of rotatable bonds is 11. The van der Waals surface area contributed by atoms with Crippen LogP contribution < -0.4 is 10.2 Å². The molecule has 2 saturated heterocycles. The number of carbonyl (C=O) groups excluding carboxylic acids is 2. The Bertz CT molecular complexity index is 2520. The molecular weight excluding hydrogens is 786 g/mol. The van der Waals surface area contributed by atoms with Crippen LogP contribution in [0.25, 0.3) is 33.6 Å². The summed E-state index contributed by atoms with van der Waals surface area (Å²) in [6.07, 6.45) is 0.0533. The van der Waals surface area contributed by atoms with Gasteiger partial charge >= 0.3 is 12.3 Å². The van der Waals surface area contributed by atoms with Crippen molar-refractivity contribution >= 4 is 23.6 Å². The molecule has 314 valence electrons. The fourth-order valence-corrected chi connectivity index (χ4v) is 8.57. The van der Waals surface area contributed by atoms with Gasteiger partial charge in [-0.25, -0.2) is 14.8 Å². The third-order valence-corrected chi connectivity index (χ3v) is 11.5. The number of nitrogens with zero attached hydrogens (tertiary/aromatic N) is 5. The molecule has 4 heterocycles. The second-order valence-electron chi connectivity index (χ2n) is 15.6. The number of halogens is 3. The Labute approximate surface area is 350 Å². The number of nitrogens with one attached hydrogen (secondary N) is 3. The van der Waals surface area contributed by atoms with E-state index in [-0.39, 0.29) is 41.6 Å². The van der Waals surface area contributed by atoms with Crippen molar-refractivity contribution in [3.8, 4) is 33.6 Å².